The van der Waals surface area contributed by atoms with Crippen LogP contribution in [0.1, 0.15) is 6.42 Å². The fraction of sp³-hybridized carbons (Fsp3) is 0.375. The van der Waals surface area contributed by atoms with Crippen molar-refractivity contribution >= 4 is 0 Å². The molecular formula is C8H11FN2. The smallest absolute Gasteiger partial charge is 0.136 e. The monoisotopic (exact) mass is 154 g/mol. The van der Waals surface area contributed by atoms with Gasteiger partial charge in [0.15, 0.2) is 0 Å². The molecule has 0 unspecified atom stereocenters. The molecule has 0 fully saturated rings. The van der Waals surface area contributed by atoms with Crippen LogP contribution in [0.25, 0.3) is 0 Å². The second-order valence-electron chi connectivity index (χ2n) is 2.03. The highest BCUT2D eigenvalue weighted by molar-refractivity contribution is 5.34. The van der Waals surface area contributed by atoms with E-state index in [1.54, 1.807) is 13.1 Å². The highest BCUT2D eigenvalue weighted by atomic mass is 19.1. The van der Waals surface area contributed by atoms with Crippen LogP contribution in [0.4, 0.5) is 4.39 Å². The Labute approximate surface area is 66.0 Å². The van der Waals surface area contributed by atoms with Gasteiger partial charge in [-0.15, -0.1) is 0 Å². The van der Waals surface area contributed by atoms with E-state index in [1.165, 1.54) is 6.08 Å². The van der Waals surface area contributed by atoms with Gasteiger partial charge in [-0.3, -0.25) is 0 Å². The largest absolute Gasteiger partial charge is 0.319 e. The predicted molar refractivity (Wildman–Crippen MR) is 42.5 cm³/mol. The Bertz CT molecular complexity index is 201. The van der Waals surface area contributed by atoms with E-state index in [1.807, 2.05) is 0 Å². The van der Waals surface area contributed by atoms with Gasteiger partial charge in [-0.1, -0.05) is 6.58 Å². The lowest BCUT2D eigenvalue weighted by Crippen LogP contribution is -2.06. The molecule has 0 aliphatic carbocycles. The summed E-state index contributed by atoms with van der Waals surface area (Å²) in [4.78, 5) is 0. The SMILES string of the molecule is C=C(C#N)C(F)=CCCNC. The van der Waals surface area contributed by atoms with Gasteiger partial charge in [-0.25, -0.2) is 4.39 Å². The van der Waals surface area contributed by atoms with Crippen molar-refractivity contribution in [2.75, 3.05) is 13.6 Å². The summed E-state index contributed by atoms with van der Waals surface area (Å²) in [7, 11) is 1.78. The summed E-state index contributed by atoms with van der Waals surface area (Å²) < 4.78 is 12.6. The van der Waals surface area contributed by atoms with Crippen molar-refractivity contribution in [2.24, 2.45) is 0 Å². The van der Waals surface area contributed by atoms with Crippen LogP contribution in [-0.4, -0.2) is 13.6 Å². The third kappa shape index (κ3) is 4.29. The van der Waals surface area contributed by atoms with Gasteiger partial charge in [0, 0.05) is 0 Å². The van der Waals surface area contributed by atoms with E-state index in [4.69, 9.17) is 5.26 Å². The van der Waals surface area contributed by atoms with E-state index in [-0.39, 0.29) is 5.57 Å². The molecule has 0 radical (unpaired) electrons. The number of allylic oxidation sites excluding steroid dienone is 2. The molecule has 0 heterocycles. The summed E-state index contributed by atoms with van der Waals surface area (Å²) in [6, 6.07) is 1.63. The molecule has 2 nitrogen and oxygen atoms in total. The topological polar surface area (TPSA) is 35.8 Å². The van der Waals surface area contributed by atoms with Crippen molar-refractivity contribution in [2.45, 2.75) is 6.42 Å². The zero-order chi connectivity index (χ0) is 8.69. The molecule has 0 amide bonds. The average molecular weight is 154 g/mol. The molecule has 0 aliphatic rings. The van der Waals surface area contributed by atoms with E-state index in [0.29, 0.717) is 13.0 Å². The molecule has 0 saturated heterocycles. The maximum atomic E-state index is 12.6. The summed E-state index contributed by atoms with van der Waals surface area (Å²) in [5, 5.41) is 11.1. The zero-order valence-corrected chi connectivity index (χ0v) is 6.52. The minimum absolute atomic E-state index is 0.110. The maximum absolute atomic E-state index is 12.6. The third-order valence-corrected chi connectivity index (χ3v) is 1.14. The number of nitrogens with one attached hydrogen (secondary N) is 1. The van der Waals surface area contributed by atoms with Crippen molar-refractivity contribution in [3.63, 3.8) is 0 Å². The van der Waals surface area contributed by atoms with Gasteiger partial charge in [0.25, 0.3) is 0 Å². The number of nitriles is 1. The van der Waals surface area contributed by atoms with E-state index in [0.717, 1.165) is 0 Å². The number of rotatable bonds is 4. The molecule has 0 spiro atoms. The van der Waals surface area contributed by atoms with Crippen LogP contribution in [0.15, 0.2) is 24.1 Å². The molecule has 60 valence electrons. The Morgan fingerprint density at radius 3 is 2.91 bits per heavy atom. The van der Waals surface area contributed by atoms with E-state index < -0.39 is 5.83 Å². The molecule has 0 rings (SSSR count). The Morgan fingerprint density at radius 1 is 1.82 bits per heavy atom. The Hall–Kier alpha value is -1.14. The molecule has 11 heavy (non-hydrogen) atoms. The lowest BCUT2D eigenvalue weighted by molar-refractivity contribution is 0.648. The second kappa shape index (κ2) is 5.63. The predicted octanol–water partition coefficient (Wildman–Crippen LogP) is 1.53. The fourth-order valence-electron chi connectivity index (χ4n) is 0.520. The lowest BCUT2D eigenvalue weighted by Gasteiger charge is -1.93. The minimum Gasteiger partial charge on any atom is -0.319 e. The quantitative estimate of drug-likeness (QED) is 0.378. The summed E-state index contributed by atoms with van der Waals surface area (Å²) in [6.45, 7) is 3.93. The molecule has 0 saturated carbocycles. The minimum atomic E-state index is -0.525. The van der Waals surface area contributed by atoms with Crippen molar-refractivity contribution in [3.8, 4) is 6.07 Å². The molecule has 0 aromatic heterocycles. The fourth-order valence-corrected chi connectivity index (χ4v) is 0.520. The highest BCUT2D eigenvalue weighted by Gasteiger charge is 1.97. The lowest BCUT2D eigenvalue weighted by atomic mass is 10.2. The van der Waals surface area contributed by atoms with Crippen LogP contribution in [0.3, 0.4) is 0 Å². The van der Waals surface area contributed by atoms with Crippen molar-refractivity contribution in [1.29, 1.82) is 5.26 Å². The molecule has 0 atom stereocenters. The first-order valence-corrected chi connectivity index (χ1v) is 3.32. The Kier molecular flexibility index (Phi) is 5.05. The molecule has 0 aromatic rings. The summed E-state index contributed by atoms with van der Waals surface area (Å²) in [5.41, 5.74) is -0.110. The highest BCUT2D eigenvalue weighted by Crippen LogP contribution is 2.07. The van der Waals surface area contributed by atoms with Gasteiger partial charge in [0.1, 0.15) is 11.9 Å². The van der Waals surface area contributed by atoms with Crippen LogP contribution in [0.2, 0.25) is 0 Å². The summed E-state index contributed by atoms with van der Waals surface area (Å²) in [5.74, 6) is -0.525. The number of hydrogen-bond acceptors (Lipinski definition) is 2. The number of nitrogens with zero attached hydrogens (tertiary/aromatic N) is 1. The molecule has 1 N–H and O–H groups in total. The number of hydrogen-bond donors (Lipinski definition) is 1. The average Bonchev–Trinajstić information content (AvgIpc) is 2.03. The first-order chi connectivity index (χ1) is 5.22. The van der Waals surface area contributed by atoms with Gasteiger partial charge in [0.05, 0.1) is 5.57 Å². The van der Waals surface area contributed by atoms with Crippen LogP contribution in [-0.2, 0) is 0 Å². The summed E-state index contributed by atoms with van der Waals surface area (Å²) >= 11 is 0. The molecule has 3 heteroatoms. The third-order valence-electron chi connectivity index (χ3n) is 1.14. The van der Waals surface area contributed by atoms with E-state index >= 15 is 0 Å². The van der Waals surface area contributed by atoms with Crippen LogP contribution in [0, 0.1) is 11.3 Å². The number of halogens is 1. The van der Waals surface area contributed by atoms with E-state index in [9.17, 15) is 4.39 Å². The molecule has 0 bridgehead atoms. The van der Waals surface area contributed by atoms with Gasteiger partial charge < -0.3 is 5.32 Å². The van der Waals surface area contributed by atoms with Gasteiger partial charge in [-0.05, 0) is 26.1 Å². The van der Waals surface area contributed by atoms with E-state index in [2.05, 4.69) is 11.9 Å². The second-order valence-corrected chi connectivity index (χ2v) is 2.03. The van der Waals surface area contributed by atoms with Crippen LogP contribution >= 0.6 is 0 Å². The van der Waals surface area contributed by atoms with Crippen molar-refractivity contribution in [3.05, 3.63) is 24.1 Å². The zero-order valence-electron chi connectivity index (χ0n) is 6.52. The normalized spacial score (nSPS) is 10.8. The molecule has 0 aliphatic heterocycles. The van der Waals surface area contributed by atoms with Crippen molar-refractivity contribution in [1.82, 2.24) is 5.32 Å². The molecule has 0 aromatic carbocycles. The summed E-state index contributed by atoms with van der Waals surface area (Å²) in [6.07, 6.45) is 1.92. The first-order valence-electron chi connectivity index (χ1n) is 3.32. The van der Waals surface area contributed by atoms with Crippen LogP contribution < -0.4 is 5.32 Å². The van der Waals surface area contributed by atoms with Crippen LogP contribution in [0.5, 0.6) is 0 Å². The standard InChI is InChI=1S/C8H11FN2/c1-7(6-10)8(9)4-3-5-11-2/h4,11H,1,3,5H2,2H3. The maximum Gasteiger partial charge on any atom is 0.136 e. The Morgan fingerprint density at radius 2 is 2.45 bits per heavy atom. The van der Waals surface area contributed by atoms with Gasteiger partial charge >= 0.3 is 0 Å². The first kappa shape index (κ1) is 9.86. The van der Waals surface area contributed by atoms with Crippen molar-refractivity contribution < 1.29 is 4.39 Å². The van der Waals surface area contributed by atoms with Gasteiger partial charge in [0.2, 0.25) is 0 Å². The molecular weight excluding hydrogens is 143 g/mol. The van der Waals surface area contributed by atoms with Gasteiger partial charge in [-0.2, -0.15) is 5.26 Å². The Balaban J connectivity index is 3.83.